The highest BCUT2D eigenvalue weighted by atomic mass is 32.2. The lowest BCUT2D eigenvalue weighted by Crippen LogP contribution is -2.07. The molecule has 1 rings (SSSR count). The van der Waals surface area contributed by atoms with E-state index in [1.807, 2.05) is 6.92 Å². The van der Waals surface area contributed by atoms with Crippen molar-refractivity contribution in [2.75, 3.05) is 24.2 Å². The van der Waals surface area contributed by atoms with E-state index < -0.39 is 5.76 Å². The molecule has 8 heteroatoms. The fourth-order valence-corrected chi connectivity index (χ4v) is 1.28. The smallest absolute Gasteiger partial charge is 0.291 e. The molecule has 0 spiro atoms. The van der Waals surface area contributed by atoms with Crippen LogP contribution in [-0.4, -0.2) is 34.3 Å². The molecule has 0 aliphatic heterocycles. The average molecular weight is 235 g/mol. The maximum atomic E-state index is 12.1. The Morgan fingerprint density at radius 1 is 1.27 bits per heavy atom. The van der Waals surface area contributed by atoms with E-state index in [-0.39, 0.29) is 11.1 Å². The Morgan fingerprint density at radius 2 is 1.93 bits per heavy atom. The summed E-state index contributed by atoms with van der Waals surface area (Å²) in [6.07, 6.45) is 0. The summed E-state index contributed by atoms with van der Waals surface area (Å²) in [5, 5.41) is 5.51. The molecule has 5 nitrogen and oxygen atoms in total. The molecule has 0 saturated carbocycles. The Labute approximate surface area is 90.1 Å². The first-order chi connectivity index (χ1) is 7.15. The van der Waals surface area contributed by atoms with Crippen LogP contribution in [0.5, 0.6) is 0 Å². The first kappa shape index (κ1) is 11.9. The van der Waals surface area contributed by atoms with Crippen LogP contribution in [0.25, 0.3) is 0 Å². The summed E-state index contributed by atoms with van der Waals surface area (Å²) in [4.78, 5) is 11.6. The summed E-state index contributed by atoms with van der Waals surface area (Å²) in [5.74, 6) is -1.98. The number of halogens is 2. The van der Waals surface area contributed by atoms with Gasteiger partial charge in [-0.2, -0.15) is 23.7 Å². The van der Waals surface area contributed by atoms with Crippen LogP contribution in [0.1, 0.15) is 6.92 Å². The van der Waals surface area contributed by atoms with Crippen LogP contribution in [0.15, 0.2) is 5.16 Å². The van der Waals surface area contributed by atoms with Crippen molar-refractivity contribution in [2.24, 2.45) is 0 Å². The van der Waals surface area contributed by atoms with E-state index in [1.165, 1.54) is 0 Å². The van der Waals surface area contributed by atoms with Crippen molar-refractivity contribution in [3.8, 4) is 0 Å². The van der Waals surface area contributed by atoms with Crippen LogP contribution >= 0.6 is 11.8 Å². The van der Waals surface area contributed by atoms with Gasteiger partial charge in [-0.1, -0.05) is 0 Å². The number of nitrogens with zero attached hydrogens (tertiary/aromatic N) is 3. The SMILES string of the molecule is CCNc1nc(NC)nc(SC(F)F)n1. The van der Waals surface area contributed by atoms with Crippen LogP contribution < -0.4 is 10.6 Å². The second kappa shape index (κ2) is 5.64. The molecule has 1 heterocycles. The van der Waals surface area contributed by atoms with Crippen LogP contribution in [0.3, 0.4) is 0 Å². The van der Waals surface area contributed by atoms with E-state index in [2.05, 4.69) is 25.6 Å². The number of rotatable bonds is 5. The van der Waals surface area contributed by atoms with E-state index in [0.29, 0.717) is 24.3 Å². The molecule has 0 radical (unpaired) electrons. The maximum absolute atomic E-state index is 12.1. The molecule has 0 atom stereocenters. The van der Waals surface area contributed by atoms with Gasteiger partial charge >= 0.3 is 0 Å². The summed E-state index contributed by atoms with van der Waals surface area (Å²) in [6, 6.07) is 0. The minimum atomic E-state index is -2.54. The summed E-state index contributed by atoms with van der Waals surface area (Å²) in [5.41, 5.74) is 0. The third-order valence-electron chi connectivity index (χ3n) is 1.37. The quantitative estimate of drug-likeness (QED) is 0.757. The van der Waals surface area contributed by atoms with E-state index in [1.54, 1.807) is 7.05 Å². The standard InChI is InChI=1S/C7H11F2N5S/c1-3-11-6-12-5(10-2)13-7(14-6)15-4(8)9/h4H,3H2,1-2H3,(H2,10,11,12,13,14). The lowest BCUT2D eigenvalue weighted by atomic mass is 10.7. The summed E-state index contributed by atoms with van der Waals surface area (Å²) in [6.45, 7) is 2.48. The Morgan fingerprint density at radius 3 is 2.47 bits per heavy atom. The zero-order valence-electron chi connectivity index (χ0n) is 8.29. The lowest BCUT2D eigenvalue weighted by molar-refractivity contribution is 0.251. The Kier molecular flexibility index (Phi) is 4.47. The van der Waals surface area contributed by atoms with Gasteiger partial charge in [-0.15, -0.1) is 0 Å². The molecule has 0 amide bonds. The normalized spacial score (nSPS) is 10.5. The molecule has 2 N–H and O–H groups in total. The number of nitrogens with one attached hydrogen (secondary N) is 2. The molecule has 0 fully saturated rings. The zero-order valence-corrected chi connectivity index (χ0v) is 9.11. The monoisotopic (exact) mass is 235 g/mol. The first-order valence-electron chi connectivity index (χ1n) is 4.28. The Bertz CT molecular complexity index is 322. The topological polar surface area (TPSA) is 62.7 Å². The molecule has 1 aromatic rings. The highest BCUT2D eigenvalue weighted by Gasteiger charge is 2.11. The third-order valence-corrected chi connectivity index (χ3v) is 1.94. The van der Waals surface area contributed by atoms with Gasteiger partial charge in [0.2, 0.25) is 11.9 Å². The van der Waals surface area contributed by atoms with Crippen LogP contribution in [0.2, 0.25) is 0 Å². The summed E-state index contributed by atoms with van der Waals surface area (Å²) < 4.78 is 24.2. The van der Waals surface area contributed by atoms with Crippen molar-refractivity contribution in [1.29, 1.82) is 0 Å². The van der Waals surface area contributed by atoms with Crippen LogP contribution in [-0.2, 0) is 0 Å². The molecule has 84 valence electrons. The molecule has 0 aromatic carbocycles. The molecule has 0 bridgehead atoms. The maximum Gasteiger partial charge on any atom is 0.291 e. The number of aromatic nitrogens is 3. The second-order valence-corrected chi connectivity index (χ2v) is 3.38. The third kappa shape index (κ3) is 3.82. The van der Waals surface area contributed by atoms with Gasteiger partial charge in [-0.3, -0.25) is 0 Å². The van der Waals surface area contributed by atoms with Gasteiger partial charge in [-0.05, 0) is 18.7 Å². The predicted octanol–water partition coefficient (Wildman–Crippen LogP) is 1.66. The van der Waals surface area contributed by atoms with Gasteiger partial charge in [0.05, 0.1) is 0 Å². The first-order valence-corrected chi connectivity index (χ1v) is 5.16. The van der Waals surface area contributed by atoms with Crippen molar-refractivity contribution >= 4 is 23.7 Å². The minimum absolute atomic E-state index is 0.000278. The molecule has 0 aliphatic carbocycles. The largest absolute Gasteiger partial charge is 0.357 e. The van der Waals surface area contributed by atoms with Crippen molar-refractivity contribution in [3.63, 3.8) is 0 Å². The van der Waals surface area contributed by atoms with Crippen molar-refractivity contribution in [1.82, 2.24) is 15.0 Å². The van der Waals surface area contributed by atoms with Crippen molar-refractivity contribution < 1.29 is 8.78 Å². The van der Waals surface area contributed by atoms with Crippen LogP contribution in [0.4, 0.5) is 20.7 Å². The van der Waals surface area contributed by atoms with Crippen molar-refractivity contribution in [3.05, 3.63) is 0 Å². The molecule has 0 aliphatic rings. The van der Waals surface area contributed by atoms with E-state index in [0.717, 1.165) is 0 Å². The second-order valence-electron chi connectivity index (χ2n) is 2.42. The Hall–Kier alpha value is -1.18. The Balaban J connectivity index is 2.89. The average Bonchev–Trinajstić information content (AvgIpc) is 2.16. The fraction of sp³-hybridized carbons (Fsp3) is 0.571. The van der Waals surface area contributed by atoms with Crippen LogP contribution in [0, 0.1) is 0 Å². The number of alkyl halides is 2. The highest BCUT2D eigenvalue weighted by Crippen LogP contribution is 2.22. The molecule has 1 aromatic heterocycles. The van der Waals surface area contributed by atoms with Gasteiger partial charge in [-0.25, -0.2) is 0 Å². The van der Waals surface area contributed by atoms with E-state index in [9.17, 15) is 8.78 Å². The highest BCUT2D eigenvalue weighted by molar-refractivity contribution is 7.99. The minimum Gasteiger partial charge on any atom is -0.357 e. The zero-order chi connectivity index (χ0) is 11.3. The van der Waals surface area contributed by atoms with Crippen molar-refractivity contribution in [2.45, 2.75) is 17.8 Å². The lowest BCUT2D eigenvalue weighted by Gasteiger charge is -2.06. The molecule has 15 heavy (non-hydrogen) atoms. The van der Waals surface area contributed by atoms with E-state index in [4.69, 9.17) is 0 Å². The molecule has 0 unspecified atom stereocenters. The molecule has 0 saturated heterocycles. The van der Waals surface area contributed by atoms with Gasteiger partial charge < -0.3 is 10.6 Å². The van der Waals surface area contributed by atoms with Gasteiger partial charge in [0.25, 0.3) is 5.76 Å². The number of hydrogen-bond acceptors (Lipinski definition) is 6. The number of hydrogen-bond donors (Lipinski definition) is 2. The fourth-order valence-electron chi connectivity index (χ4n) is 0.838. The molecular formula is C7H11F2N5S. The summed E-state index contributed by atoms with van der Waals surface area (Å²) in [7, 11) is 1.61. The summed E-state index contributed by atoms with van der Waals surface area (Å²) >= 11 is 0.292. The number of anilines is 2. The predicted molar refractivity (Wildman–Crippen MR) is 55.4 cm³/mol. The van der Waals surface area contributed by atoms with Gasteiger partial charge in [0.15, 0.2) is 5.16 Å². The van der Waals surface area contributed by atoms with Gasteiger partial charge in [0.1, 0.15) is 0 Å². The van der Waals surface area contributed by atoms with E-state index >= 15 is 0 Å². The molecular weight excluding hydrogens is 224 g/mol. The van der Waals surface area contributed by atoms with Gasteiger partial charge in [0, 0.05) is 13.6 Å². The number of thioether (sulfide) groups is 1.